The lowest BCUT2D eigenvalue weighted by atomic mass is 9.94. The minimum absolute atomic E-state index is 0.687. The van der Waals surface area contributed by atoms with Gasteiger partial charge in [0.25, 0.3) is 0 Å². The van der Waals surface area contributed by atoms with E-state index < -0.39 is 198 Å². The molecule has 28 nitrogen and oxygen atoms in total. The first-order valence-corrected chi connectivity index (χ1v) is 19.6. The van der Waals surface area contributed by atoms with Gasteiger partial charge < -0.3 is 130 Å². The summed E-state index contributed by atoms with van der Waals surface area (Å²) < 4.78 is 51.0. The first-order valence-electron chi connectivity index (χ1n) is 19.6. The van der Waals surface area contributed by atoms with Crippen LogP contribution in [0.2, 0.25) is 0 Å². The van der Waals surface area contributed by atoms with E-state index >= 15 is 0 Å². The second-order valence-corrected chi connectivity index (χ2v) is 15.4. The van der Waals surface area contributed by atoms with E-state index in [4.69, 9.17) is 42.6 Å². The molecule has 0 radical (unpaired) electrons. The number of carbonyl (C=O) groups excluding carboxylic acids is 2. The van der Waals surface area contributed by atoms with Gasteiger partial charge in [-0.1, -0.05) is 0 Å². The third kappa shape index (κ3) is 10.8. The third-order valence-corrected chi connectivity index (χ3v) is 11.1. The molecule has 5 heterocycles. The zero-order valence-corrected chi connectivity index (χ0v) is 33.2. The van der Waals surface area contributed by atoms with E-state index in [0.717, 1.165) is 13.8 Å². The zero-order chi connectivity index (χ0) is 45.9. The normalized spacial score (nSPS) is 49.0. The topological polar surface area (TPSA) is 445 Å². The van der Waals surface area contributed by atoms with E-state index in [2.05, 4.69) is 10.6 Å². The van der Waals surface area contributed by atoms with E-state index in [1.54, 1.807) is 0 Å². The van der Waals surface area contributed by atoms with Crippen LogP contribution in [0.1, 0.15) is 13.8 Å². The maximum Gasteiger partial charge on any atom is 0.217 e. The van der Waals surface area contributed by atoms with Crippen LogP contribution in [0.4, 0.5) is 0 Å². The average Bonchev–Trinajstić information content (AvgIpc) is 3.23. The van der Waals surface area contributed by atoms with Crippen molar-refractivity contribution in [2.24, 2.45) is 0 Å². The lowest BCUT2D eigenvalue weighted by Crippen LogP contribution is -2.70. The van der Waals surface area contributed by atoms with E-state index in [1.165, 1.54) is 0 Å². The van der Waals surface area contributed by atoms with Gasteiger partial charge in [-0.2, -0.15) is 0 Å². The fourth-order valence-electron chi connectivity index (χ4n) is 7.82. The summed E-state index contributed by atoms with van der Waals surface area (Å²) in [6, 6.07) is -3.16. The van der Waals surface area contributed by atoms with Gasteiger partial charge in [-0.3, -0.25) is 9.59 Å². The van der Waals surface area contributed by atoms with Crippen LogP contribution in [0, 0.1) is 0 Å². The number of hydrogen-bond acceptors (Lipinski definition) is 26. The first-order chi connectivity index (χ1) is 29.3. The van der Waals surface area contributed by atoms with E-state index in [-0.39, 0.29) is 0 Å². The Morgan fingerprint density at radius 3 is 1.31 bits per heavy atom. The van der Waals surface area contributed by atoms with Gasteiger partial charge in [0.05, 0.1) is 33.0 Å². The van der Waals surface area contributed by atoms with Crippen molar-refractivity contribution in [3.05, 3.63) is 0 Å². The number of aliphatic hydroxyl groups excluding tert-OH is 15. The second-order valence-electron chi connectivity index (χ2n) is 15.4. The minimum Gasteiger partial charge on any atom is -0.394 e. The van der Waals surface area contributed by atoms with Crippen molar-refractivity contribution in [2.45, 2.75) is 167 Å². The number of aliphatic hydroxyl groups is 15. The van der Waals surface area contributed by atoms with Crippen molar-refractivity contribution in [3.63, 3.8) is 0 Å². The molecule has 0 aromatic carbocycles. The monoisotopic (exact) mass is 910 g/mol. The van der Waals surface area contributed by atoms with Crippen molar-refractivity contribution >= 4 is 11.8 Å². The third-order valence-electron chi connectivity index (χ3n) is 11.1. The summed E-state index contributed by atoms with van der Waals surface area (Å²) in [6.07, 6.45) is -42.7. The molecule has 0 aliphatic carbocycles. The quantitative estimate of drug-likeness (QED) is 0.0725. The van der Waals surface area contributed by atoms with Crippen molar-refractivity contribution in [3.8, 4) is 0 Å². The highest BCUT2D eigenvalue weighted by atomic mass is 16.8. The predicted molar refractivity (Wildman–Crippen MR) is 190 cm³/mol. The smallest absolute Gasteiger partial charge is 0.217 e. The van der Waals surface area contributed by atoms with Gasteiger partial charge in [0, 0.05) is 13.8 Å². The van der Waals surface area contributed by atoms with Gasteiger partial charge in [0.15, 0.2) is 31.5 Å². The van der Waals surface area contributed by atoms with Crippen LogP contribution in [0.5, 0.6) is 0 Å². The molecule has 5 rings (SSSR count). The predicted octanol–water partition coefficient (Wildman–Crippen LogP) is -11.6. The summed E-state index contributed by atoms with van der Waals surface area (Å²) in [7, 11) is 0. The van der Waals surface area contributed by atoms with Gasteiger partial charge in [-0.15, -0.1) is 0 Å². The van der Waals surface area contributed by atoms with E-state index in [0.29, 0.717) is 0 Å². The Bertz CT molecular complexity index is 1440. The molecule has 0 bridgehead atoms. The molecular weight excluding hydrogens is 852 g/mol. The number of rotatable bonds is 15. The van der Waals surface area contributed by atoms with Crippen molar-refractivity contribution in [2.75, 3.05) is 33.0 Å². The molecular formula is C34H58N2O26. The average molecular weight is 911 g/mol. The molecule has 0 aromatic rings. The summed E-state index contributed by atoms with van der Waals surface area (Å²) in [5.41, 5.74) is 0. The van der Waals surface area contributed by atoms with Crippen LogP contribution in [-0.2, 0) is 52.2 Å². The summed E-state index contributed by atoms with van der Waals surface area (Å²) in [4.78, 5) is 24.2. The highest BCUT2D eigenvalue weighted by Gasteiger charge is 2.57. The molecule has 0 spiro atoms. The molecule has 360 valence electrons. The Morgan fingerprint density at radius 2 is 0.774 bits per heavy atom. The fraction of sp³-hybridized carbons (Fsp3) is 0.941. The Labute approximate surface area is 351 Å². The number of carbonyl (C=O) groups is 2. The standard InChI is InChI=1S/C34H58N2O26/c1-8(42)35-15-20(47)26(13(6-40)54-30(15)53)59-31-16(36-9(2)43)21(48)27(14(7-41)58-31)60-33-25(52)28(19(46)12(5-39)56-33)61-34-29(23(50)18(45)11(4-38)57-34)62-32-24(51)22(49)17(44)10(3-37)55-32/h10-34,37-41,44-53H,3-7H2,1-2H3,(H,35,42)(H,36,43)/t10-,11-,12-,13-,14-,15-,16-,17-,18-,19-,20-,21-,22+,23+,24-,25-,26-,27-,28+,29-,30-,31+,32-,33+,34-/m1/s1. The minimum atomic E-state index is -2.18. The molecule has 0 aromatic heterocycles. The fourth-order valence-corrected chi connectivity index (χ4v) is 7.82. The zero-order valence-electron chi connectivity index (χ0n) is 33.2. The number of ether oxygens (including phenoxy) is 9. The lowest BCUT2D eigenvalue weighted by Gasteiger charge is -2.50. The molecule has 5 fully saturated rings. The first kappa shape index (κ1) is 51.0. The Balaban J connectivity index is 1.38. The summed E-state index contributed by atoms with van der Waals surface area (Å²) in [5.74, 6) is -1.47. The lowest BCUT2D eigenvalue weighted by molar-refractivity contribution is -0.395. The molecule has 62 heavy (non-hydrogen) atoms. The Kier molecular flexibility index (Phi) is 18.1. The molecule has 5 aliphatic rings. The Morgan fingerprint density at radius 1 is 0.387 bits per heavy atom. The van der Waals surface area contributed by atoms with Gasteiger partial charge in [0.2, 0.25) is 11.8 Å². The highest BCUT2D eigenvalue weighted by Crippen LogP contribution is 2.36. The molecule has 0 unspecified atom stereocenters. The SMILES string of the molecule is CC(=O)N[C@@H]1[C@@H](O)[C@H](O[C@@H]2O[C@H](CO)[C@@H](O[C@@H]3O[C@H](CO)[C@@H](O)[C@H](O[C@H]4O[C@H](CO)[C@@H](O)[C@H](O)[C@H]4O[C@H]4O[C@H](CO)[C@@H](O)[C@H](O)[C@H]4O)[C@H]3O)[C@H](O)[C@H]2NC(C)=O)[C@@H](CO)O[C@H]1O. The maximum atomic E-state index is 12.4. The van der Waals surface area contributed by atoms with Crippen molar-refractivity contribution in [1.29, 1.82) is 0 Å². The molecule has 25 atom stereocenters. The summed E-state index contributed by atoms with van der Waals surface area (Å²) >= 11 is 0. The molecule has 5 saturated heterocycles. The van der Waals surface area contributed by atoms with Crippen LogP contribution in [0.25, 0.3) is 0 Å². The van der Waals surface area contributed by atoms with Gasteiger partial charge >= 0.3 is 0 Å². The molecule has 17 N–H and O–H groups in total. The highest BCUT2D eigenvalue weighted by molar-refractivity contribution is 5.73. The van der Waals surface area contributed by atoms with Crippen LogP contribution in [0.3, 0.4) is 0 Å². The van der Waals surface area contributed by atoms with Crippen LogP contribution >= 0.6 is 0 Å². The number of amides is 2. The van der Waals surface area contributed by atoms with Crippen LogP contribution < -0.4 is 10.6 Å². The van der Waals surface area contributed by atoms with Gasteiger partial charge in [-0.05, 0) is 0 Å². The maximum absolute atomic E-state index is 12.4. The van der Waals surface area contributed by atoms with Gasteiger partial charge in [0.1, 0.15) is 122 Å². The molecule has 2 amide bonds. The Hall–Kier alpha value is -2.02. The summed E-state index contributed by atoms with van der Waals surface area (Å²) in [6.45, 7) is -2.53. The largest absolute Gasteiger partial charge is 0.394 e. The van der Waals surface area contributed by atoms with Crippen molar-refractivity contribution in [1.82, 2.24) is 10.6 Å². The van der Waals surface area contributed by atoms with E-state index in [9.17, 15) is 86.2 Å². The molecule has 5 aliphatic heterocycles. The summed E-state index contributed by atoms with van der Waals surface area (Å²) in [5, 5.41) is 163. The van der Waals surface area contributed by atoms with Crippen molar-refractivity contribution < 1.29 is 129 Å². The molecule has 0 saturated carbocycles. The van der Waals surface area contributed by atoms with E-state index in [1.807, 2.05) is 0 Å². The molecule has 28 heteroatoms. The second kappa shape index (κ2) is 22.0. The van der Waals surface area contributed by atoms with Crippen LogP contribution in [-0.4, -0.2) is 275 Å². The number of hydrogen-bond donors (Lipinski definition) is 17. The van der Waals surface area contributed by atoms with Gasteiger partial charge in [-0.25, -0.2) is 0 Å². The van der Waals surface area contributed by atoms with Crippen LogP contribution in [0.15, 0.2) is 0 Å². The number of nitrogens with one attached hydrogen (secondary N) is 2.